The maximum atomic E-state index is 14.0. The second-order valence-electron chi connectivity index (χ2n) is 8.84. The van der Waals surface area contributed by atoms with E-state index in [1.54, 1.807) is 12.1 Å². The Morgan fingerprint density at radius 1 is 0.857 bits per heavy atom. The predicted molar refractivity (Wildman–Crippen MR) is 136 cm³/mol. The molecule has 0 amide bonds. The molecule has 1 aliphatic rings. The molecule has 1 aliphatic heterocycles. The van der Waals surface area contributed by atoms with Gasteiger partial charge in [-0.3, -0.25) is 19.1 Å². The second-order valence-corrected chi connectivity index (χ2v) is 8.84. The van der Waals surface area contributed by atoms with Gasteiger partial charge in [0.15, 0.2) is 5.78 Å². The molecular weight excluding hydrogens is 440 g/mol. The predicted octanol–water partition coefficient (Wildman–Crippen LogP) is 4.45. The first-order chi connectivity index (χ1) is 17.0. The molecular formula is C28H22N4O3. The Labute approximate surface area is 200 Å². The SMILES string of the molecule is Cc1ccc(C(=O)[C@@H]2c3c(n(Cc4ccccc4)c(=O)[nH]c3=O)Nc3[nH]c4ccccc4c32)cc1. The summed E-state index contributed by atoms with van der Waals surface area (Å²) in [5.74, 6) is -0.149. The topological polar surface area (TPSA) is 99.8 Å². The number of para-hydroxylation sites is 1. The molecule has 0 unspecified atom stereocenters. The number of hydrogen-bond acceptors (Lipinski definition) is 4. The fourth-order valence-corrected chi connectivity index (χ4v) is 4.88. The van der Waals surface area contributed by atoms with Crippen LogP contribution in [0.1, 0.15) is 38.5 Å². The van der Waals surface area contributed by atoms with E-state index in [4.69, 9.17) is 0 Å². The highest BCUT2D eigenvalue weighted by atomic mass is 16.2. The standard InChI is InChI=1S/C28H22N4O3/c1-16-11-13-18(14-12-16)24(33)22-21-19-9-5-6-10-20(19)29-25(21)30-26-23(22)27(34)31-28(35)32(26)15-17-7-3-2-4-8-17/h2-14,22,29-30H,15H2,1H3,(H,31,34,35)/t22-/m0/s1. The molecule has 1 atom stereocenters. The molecule has 0 saturated carbocycles. The molecule has 0 fully saturated rings. The number of hydrogen-bond donors (Lipinski definition) is 3. The number of aromatic nitrogens is 3. The monoisotopic (exact) mass is 462 g/mol. The maximum absolute atomic E-state index is 14.0. The van der Waals surface area contributed by atoms with E-state index in [1.807, 2.05) is 73.7 Å². The summed E-state index contributed by atoms with van der Waals surface area (Å²) in [6.07, 6.45) is 0. The molecule has 7 heteroatoms. The van der Waals surface area contributed by atoms with E-state index in [-0.39, 0.29) is 17.9 Å². The van der Waals surface area contributed by atoms with E-state index >= 15 is 0 Å². The normalized spacial score (nSPS) is 14.3. The summed E-state index contributed by atoms with van der Waals surface area (Å²) < 4.78 is 1.48. The third-order valence-corrected chi connectivity index (χ3v) is 6.58. The van der Waals surface area contributed by atoms with E-state index in [0.29, 0.717) is 22.8 Å². The minimum absolute atomic E-state index is 0.200. The van der Waals surface area contributed by atoms with Crippen molar-refractivity contribution in [2.24, 2.45) is 0 Å². The van der Waals surface area contributed by atoms with Crippen molar-refractivity contribution in [3.8, 4) is 0 Å². The van der Waals surface area contributed by atoms with Crippen molar-refractivity contribution >= 4 is 28.3 Å². The zero-order valence-electron chi connectivity index (χ0n) is 19.0. The van der Waals surface area contributed by atoms with E-state index < -0.39 is 17.2 Å². The molecule has 0 spiro atoms. The number of anilines is 2. The first-order valence-corrected chi connectivity index (χ1v) is 11.4. The third-order valence-electron chi connectivity index (χ3n) is 6.58. The van der Waals surface area contributed by atoms with Crippen molar-refractivity contribution in [2.45, 2.75) is 19.4 Å². The van der Waals surface area contributed by atoms with Gasteiger partial charge in [0.25, 0.3) is 5.56 Å². The number of carbonyl (C=O) groups is 1. The van der Waals surface area contributed by atoms with Crippen LogP contribution >= 0.6 is 0 Å². The van der Waals surface area contributed by atoms with Crippen molar-refractivity contribution in [1.29, 1.82) is 0 Å². The molecule has 35 heavy (non-hydrogen) atoms. The first kappa shape index (κ1) is 20.9. The summed E-state index contributed by atoms with van der Waals surface area (Å²) in [6, 6.07) is 24.5. The van der Waals surface area contributed by atoms with Crippen LogP contribution in [0.2, 0.25) is 0 Å². The van der Waals surface area contributed by atoms with Gasteiger partial charge in [-0.25, -0.2) is 4.79 Å². The number of benzene rings is 3. The highest BCUT2D eigenvalue weighted by Crippen LogP contribution is 2.44. The highest BCUT2D eigenvalue weighted by molar-refractivity contribution is 6.09. The zero-order chi connectivity index (χ0) is 24.1. The largest absolute Gasteiger partial charge is 0.341 e. The fourth-order valence-electron chi connectivity index (χ4n) is 4.88. The molecule has 172 valence electrons. The summed E-state index contributed by atoms with van der Waals surface area (Å²) in [6.45, 7) is 2.20. The molecule has 0 saturated heterocycles. The van der Waals surface area contributed by atoms with Crippen LogP contribution in [0, 0.1) is 6.92 Å². The van der Waals surface area contributed by atoms with Gasteiger partial charge in [-0.05, 0) is 18.6 Å². The lowest BCUT2D eigenvalue weighted by Gasteiger charge is -2.28. The van der Waals surface area contributed by atoms with Gasteiger partial charge < -0.3 is 10.3 Å². The lowest BCUT2D eigenvalue weighted by molar-refractivity contribution is 0.0973. The summed E-state index contributed by atoms with van der Waals surface area (Å²) in [5, 5.41) is 4.13. The van der Waals surface area contributed by atoms with Crippen LogP contribution < -0.4 is 16.6 Å². The number of ketones is 1. The third kappa shape index (κ3) is 3.40. The molecule has 6 rings (SSSR count). The van der Waals surface area contributed by atoms with Gasteiger partial charge in [-0.2, -0.15) is 0 Å². The van der Waals surface area contributed by atoms with Crippen LogP contribution in [0.15, 0.2) is 88.5 Å². The molecule has 3 aromatic carbocycles. The average Bonchev–Trinajstić information content (AvgIpc) is 3.24. The number of aromatic amines is 2. The average molecular weight is 463 g/mol. The molecule has 0 radical (unpaired) electrons. The van der Waals surface area contributed by atoms with Gasteiger partial charge in [0.05, 0.1) is 18.0 Å². The highest BCUT2D eigenvalue weighted by Gasteiger charge is 2.38. The minimum atomic E-state index is -0.883. The van der Waals surface area contributed by atoms with Crippen LogP contribution in [-0.2, 0) is 6.54 Å². The second kappa shape index (κ2) is 7.99. The van der Waals surface area contributed by atoms with Gasteiger partial charge in [0.2, 0.25) is 0 Å². The van der Waals surface area contributed by atoms with Crippen molar-refractivity contribution in [1.82, 2.24) is 14.5 Å². The van der Waals surface area contributed by atoms with E-state index in [9.17, 15) is 14.4 Å². The Kier molecular flexibility index (Phi) is 4.77. The Bertz CT molecular complexity index is 1710. The maximum Gasteiger partial charge on any atom is 0.330 e. The van der Waals surface area contributed by atoms with E-state index in [2.05, 4.69) is 15.3 Å². The van der Waals surface area contributed by atoms with Gasteiger partial charge in [-0.1, -0.05) is 78.4 Å². The number of carbonyl (C=O) groups excluding carboxylic acids is 1. The first-order valence-electron chi connectivity index (χ1n) is 11.4. The fraction of sp³-hybridized carbons (Fsp3) is 0.107. The molecule has 0 aliphatic carbocycles. The van der Waals surface area contributed by atoms with Gasteiger partial charge in [0, 0.05) is 22.0 Å². The van der Waals surface area contributed by atoms with E-state index in [0.717, 1.165) is 22.0 Å². The molecule has 7 nitrogen and oxygen atoms in total. The molecule has 3 N–H and O–H groups in total. The summed E-state index contributed by atoms with van der Waals surface area (Å²) in [5.41, 5.74) is 3.12. The summed E-state index contributed by atoms with van der Waals surface area (Å²) >= 11 is 0. The van der Waals surface area contributed by atoms with Crippen molar-refractivity contribution in [2.75, 3.05) is 5.32 Å². The Balaban J connectivity index is 1.62. The van der Waals surface area contributed by atoms with Gasteiger partial charge in [-0.15, -0.1) is 0 Å². The van der Waals surface area contributed by atoms with Crippen LogP contribution in [0.3, 0.4) is 0 Å². The smallest absolute Gasteiger partial charge is 0.330 e. The minimum Gasteiger partial charge on any atom is -0.341 e. The number of nitrogens with zero attached hydrogens (tertiary/aromatic N) is 1. The summed E-state index contributed by atoms with van der Waals surface area (Å²) in [7, 11) is 0. The molecule has 3 heterocycles. The lowest BCUT2D eigenvalue weighted by atomic mass is 9.82. The number of rotatable bonds is 4. The molecule has 5 aromatic rings. The van der Waals surface area contributed by atoms with Crippen molar-refractivity contribution in [3.05, 3.63) is 128 Å². The van der Waals surface area contributed by atoms with Crippen LogP contribution in [0.5, 0.6) is 0 Å². The number of nitrogens with one attached hydrogen (secondary N) is 3. The van der Waals surface area contributed by atoms with Gasteiger partial charge in [0.1, 0.15) is 11.6 Å². The quantitative estimate of drug-likeness (QED) is 0.344. The molecule has 0 bridgehead atoms. The van der Waals surface area contributed by atoms with Crippen LogP contribution in [-0.4, -0.2) is 20.3 Å². The zero-order valence-corrected chi connectivity index (χ0v) is 19.0. The van der Waals surface area contributed by atoms with Crippen LogP contribution in [0.4, 0.5) is 11.6 Å². The number of fused-ring (bicyclic) bond motifs is 4. The van der Waals surface area contributed by atoms with Crippen LogP contribution in [0.25, 0.3) is 10.9 Å². The number of H-pyrrole nitrogens is 2. The summed E-state index contributed by atoms with van der Waals surface area (Å²) in [4.78, 5) is 46.0. The Morgan fingerprint density at radius 3 is 2.34 bits per heavy atom. The molecule has 2 aromatic heterocycles. The Morgan fingerprint density at radius 2 is 1.57 bits per heavy atom. The number of aryl methyl sites for hydroxylation is 1. The van der Waals surface area contributed by atoms with Gasteiger partial charge >= 0.3 is 5.69 Å². The van der Waals surface area contributed by atoms with Crippen molar-refractivity contribution in [3.63, 3.8) is 0 Å². The lowest BCUT2D eigenvalue weighted by Crippen LogP contribution is -2.38. The van der Waals surface area contributed by atoms with E-state index in [1.165, 1.54) is 4.57 Å². The number of Topliss-reactive ketones (excluding diaryl/α,β-unsaturated/α-hetero) is 1. The Hall–Kier alpha value is -4.65. The van der Waals surface area contributed by atoms with Crippen molar-refractivity contribution < 1.29 is 4.79 Å².